The lowest BCUT2D eigenvalue weighted by molar-refractivity contribution is -0.180. The van der Waals surface area contributed by atoms with Gasteiger partial charge in [-0.05, 0) is 31.5 Å². The molecule has 0 aromatic heterocycles. The standard InChI is InChI=1S/C11H11F3O2/c1-10(2,11(12,13)14)8-3-4-9(16)7(5-8)6-15/h3-6,16H,1-2H3. The molecule has 0 unspecified atom stereocenters. The normalized spacial score (nSPS) is 12.6. The number of hydrogen-bond acceptors (Lipinski definition) is 2. The molecule has 16 heavy (non-hydrogen) atoms. The summed E-state index contributed by atoms with van der Waals surface area (Å²) in [5.41, 5.74) is -2.26. The number of carbonyl (C=O) groups excluding carboxylic acids is 1. The lowest BCUT2D eigenvalue weighted by atomic mass is 9.83. The molecule has 0 amide bonds. The maximum Gasteiger partial charge on any atom is 0.397 e. The smallest absolute Gasteiger partial charge is 0.397 e. The molecule has 0 saturated heterocycles. The highest BCUT2D eigenvalue weighted by molar-refractivity contribution is 5.79. The number of aromatic hydroxyl groups is 1. The van der Waals surface area contributed by atoms with E-state index < -0.39 is 11.6 Å². The van der Waals surface area contributed by atoms with Gasteiger partial charge in [0.2, 0.25) is 0 Å². The molecule has 0 saturated carbocycles. The summed E-state index contributed by atoms with van der Waals surface area (Å²) in [6.45, 7) is 2.04. The average Bonchev–Trinajstić information content (AvgIpc) is 2.16. The van der Waals surface area contributed by atoms with Crippen LogP contribution in [0.15, 0.2) is 18.2 Å². The second-order valence-corrected chi connectivity index (χ2v) is 4.01. The van der Waals surface area contributed by atoms with Crippen LogP contribution in [-0.4, -0.2) is 17.6 Å². The van der Waals surface area contributed by atoms with Gasteiger partial charge in [-0.2, -0.15) is 13.2 Å². The minimum Gasteiger partial charge on any atom is -0.507 e. The van der Waals surface area contributed by atoms with Gasteiger partial charge in [-0.25, -0.2) is 0 Å². The van der Waals surface area contributed by atoms with Crippen LogP contribution in [0.4, 0.5) is 13.2 Å². The summed E-state index contributed by atoms with van der Waals surface area (Å²) < 4.78 is 38.1. The van der Waals surface area contributed by atoms with E-state index in [1.54, 1.807) is 0 Å². The van der Waals surface area contributed by atoms with Gasteiger partial charge in [0, 0.05) is 0 Å². The molecule has 5 heteroatoms. The predicted molar refractivity (Wildman–Crippen MR) is 52.6 cm³/mol. The fourth-order valence-electron chi connectivity index (χ4n) is 1.20. The third kappa shape index (κ3) is 2.03. The Balaban J connectivity index is 3.29. The zero-order valence-electron chi connectivity index (χ0n) is 8.80. The van der Waals surface area contributed by atoms with Crippen LogP contribution in [0.5, 0.6) is 5.75 Å². The molecule has 1 aromatic rings. The van der Waals surface area contributed by atoms with Crippen molar-refractivity contribution in [3.05, 3.63) is 29.3 Å². The van der Waals surface area contributed by atoms with E-state index in [0.717, 1.165) is 32.0 Å². The first kappa shape index (κ1) is 12.5. The van der Waals surface area contributed by atoms with Crippen LogP contribution < -0.4 is 0 Å². The van der Waals surface area contributed by atoms with Gasteiger partial charge in [0.25, 0.3) is 0 Å². The molecule has 0 spiro atoms. The molecule has 0 bridgehead atoms. The molecule has 0 aliphatic rings. The molecule has 0 heterocycles. The Morgan fingerprint density at radius 2 is 1.81 bits per heavy atom. The Bertz CT molecular complexity index is 408. The average molecular weight is 232 g/mol. The van der Waals surface area contributed by atoms with Crippen LogP contribution in [-0.2, 0) is 5.41 Å². The highest BCUT2D eigenvalue weighted by Crippen LogP contribution is 2.41. The zero-order chi connectivity index (χ0) is 12.6. The number of rotatable bonds is 2. The van der Waals surface area contributed by atoms with Crippen molar-refractivity contribution in [1.82, 2.24) is 0 Å². The summed E-state index contributed by atoms with van der Waals surface area (Å²) in [5.74, 6) is -0.322. The molecule has 0 radical (unpaired) electrons. The van der Waals surface area contributed by atoms with Crippen molar-refractivity contribution in [3.8, 4) is 5.75 Å². The summed E-state index contributed by atoms with van der Waals surface area (Å²) in [6, 6.07) is 3.30. The molecule has 2 nitrogen and oxygen atoms in total. The van der Waals surface area contributed by atoms with E-state index in [0.29, 0.717) is 6.29 Å². The molecular formula is C11H11F3O2. The number of benzene rings is 1. The van der Waals surface area contributed by atoms with Crippen molar-refractivity contribution in [3.63, 3.8) is 0 Å². The van der Waals surface area contributed by atoms with Crippen LogP contribution in [0.25, 0.3) is 0 Å². The topological polar surface area (TPSA) is 37.3 Å². The van der Waals surface area contributed by atoms with Gasteiger partial charge >= 0.3 is 6.18 Å². The van der Waals surface area contributed by atoms with Crippen molar-refractivity contribution in [1.29, 1.82) is 0 Å². The van der Waals surface area contributed by atoms with Crippen molar-refractivity contribution in [2.24, 2.45) is 0 Å². The van der Waals surface area contributed by atoms with E-state index in [1.165, 1.54) is 0 Å². The minimum atomic E-state index is -4.41. The lowest BCUT2D eigenvalue weighted by Gasteiger charge is -2.28. The van der Waals surface area contributed by atoms with E-state index >= 15 is 0 Å². The van der Waals surface area contributed by atoms with Crippen LogP contribution in [0.2, 0.25) is 0 Å². The predicted octanol–water partition coefficient (Wildman–Crippen LogP) is 3.04. The number of phenols is 1. The number of alkyl halides is 3. The van der Waals surface area contributed by atoms with Gasteiger partial charge in [0.15, 0.2) is 6.29 Å². The van der Waals surface area contributed by atoms with E-state index in [1.807, 2.05) is 0 Å². The molecule has 1 N–H and O–H groups in total. The Morgan fingerprint density at radius 1 is 1.25 bits per heavy atom. The van der Waals surface area contributed by atoms with Gasteiger partial charge in [-0.3, -0.25) is 4.79 Å². The molecule has 0 aliphatic carbocycles. The van der Waals surface area contributed by atoms with Crippen molar-refractivity contribution >= 4 is 6.29 Å². The minimum absolute atomic E-state index is 0.0556. The first-order chi connectivity index (χ1) is 7.20. The summed E-state index contributed by atoms with van der Waals surface area (Å²) >= 11 is 0. The van der Waals surface area contributed by atoms with E-state index in [-0.39, 0.29) is 16.9 Å². The zero-order valence-corrected chi connectivity index (χ0v) is 8.80. The Labute approximate surface area is 90.7 Å². The fourth-order valence-corrected chi connectivity index (χ4v) is 1.20. The summed E-state index contributed by atoms with van der Waals surface area (Å²) in [4.78, 5) is 10.5. The number of phenolic OH excluding ortho intramolecular Hbond substituents is 1. The van der Waals surface area contributed by atoms with Crippen LogP contribution >= 0.6 is 0 Å². The molecule has 1 aromatic carbocycles. The van der Waals surface area contributed by atoms with Gasteiger partial charge in [-0.15, -0.1) is 0 Å². The van der Waals surface area contributed by atoms with Crippen LogP contribution in [0.1, 0.15) is 29.8 Å². The SMILES string of the molecule is CC(C)(c1ccc(O)c(C=O)c1)C(F)(F)F. The van der Waals surface area contributed by atoms with Gasteiger partial charge in [0.1, 0.15) is 5.75 Å². The molecular weight excluding hydrogens is 221 g/mol. The molecule has 0 atom stereocenters. The summed E-state index contributed by atoms with van der Waals surface area (Å²) in [7, 11) is 0. The Hall–Kier alpha value is -1.52. The maximum atomic E-state index is 12.7. The highest BCUT2D eigenvalue weighted by atomic mass is 19.4. The molecule has 88 valence electrons. The quantitative estimate of drug-likeness (QED) is 0.796. The van der Waals surface area contributed by atoms with Gasteiger partial charge in [-0.1, -0.05) is 6.07 Å². The van der Waals surface area contributed by atoms with Crippen molar-refractivity contribution in [2.75, 3.05) is 0 Å². The number of carbonyl (C=O) groups is 1. The van der Waals surface area contributed by atoms with E-state index in [4.69, 9.17) is 0 Å². The van der Waals surface area contributed by atoms with Crippen molar-refractivity contribution < 1.29 is 23.1 Å². The highest BCUT2D eigenvalue weighted by Gasteiger charge is 2.48. The number of hydrogen-bond donors (Lipinski definition) is 1. The number of halogens is 3. The number of aldehydes is 1. The molecule has 0 aliphatic heterocycles. The van der Waals surface area contributed by atoms with Crippen molar-refractivity contribution in [2.45, 2.75) is 25.4 Å². The lowest BCUT2D eigenvalue weighted by Crippen LogP contribution is -2.36. The van der Waals surface area contributed by atoms with Crippen LogP contribution in [0.3, 0.4) is 0 Å². The first-order valence-corrected chi connectivity index (χ1v) is 4.55. The van der Waals surface area contributed by atoms with E-state index in [2.05, 4.69) is 0 Å². The maximum absolute atomic E-state index is 12.7. The molecule has 0 fully saturated rings. The summed E-state index contributed by atoms with van der Waals surface area (Å²) in [5, 5.41) is 9.19. The third-order valence-corrected chi connectivity index (χ3v) is 2.58. The van der Waals surface area contributed by atoms with E-state index in [9.17, 15) is 23.1 Å². The molecule has 1 rings (SSSR count). The second-order valence-electron chi connectivity index (χ2n) is 4.01. The monoisotopic (exact) mass is 232 g/mol. The Morgan fingerprint density at radius 3 is 2.25 bits per heavy atom. The summed E-state index contributed by atoms with van der Waals surface area (Å²) in [6.07, 6.45) is -4.09. The van der Waals surface area contributed by atoms with Gasteiger partial charge < -0.3 is 5.11 Å². The largest absolute Gasteiger partial charge is 0.507 e. The third-order valence-electron chi connectivity index (χ3n) is 2.58. The van der Waals surface area contributed by atoms with Crippen LogP contribution in [0, 0.1) is 0 Å². The fraction of sp³-hybridized carbons (Fsp3) is 0.364. The van der Waals surface area contributed by atoms with Gasteiger partial charge in [0.05, 0.1) is 11.0 Å². The Kier molecular flexibility index (Phi) is 2.99. The second kappa shape index (κ2) is 3.81. The first-order valence-electron chi connectivity index (χ1n) is 4.55.